The van der Waals surface area contributed by atoms with Crippen LogP contribution in [-0.4, -0.2) is 28.5 Å². The van der Waals surface area contributed by atoms with Crippen molar-refractivity contribution in [3.05, 3.63) is 39.5 Å². The van der Waals surface area contributed by atoms with Crippen LogP contribution in [0.4, 0.5) is 0 Å². The lowest BCUT2D eigenvalue weighted by Gasteiger charge is -2.27. The summed E-state index contributed by atoms with van der Waals surface area (Å²) in [5.74, 6) is 0. The smallest absolute Gasteiger partial charge is 0.105 e. The van der Waals surface area contributed by atoms with Crippen molar-refractivity contribution in [1.82, 2.24) is 9.88 Å². The van der Waals surface area contributed by atoms with Gasteiger partial charge in [-0.1, -0.05) is 23.8 Å². The lowest BCUT2D eigenvalue weighted by Crippen LogP contribution is -2.30. The molecule has 0 unspecified atom stereocenters. The second-order valence-electron chi connectivity index (χ2n) is 5.38. The molecular formula is C15H16ClN3S. The highest BCUT2D eigenvalue weighted by atomic mass is 35.5. The lowest BCUT2D eigenvalue weighted by molar-refractivity contribution is 0.310. The number of fused-ring (bicyclic) bond motifs is 2. The molecule has 0 amide bonds. The van der Waals surface area contributed by atoms with Crippen LogP contribution < -0.4 is 5.73 Å². The molecule has 0 saturated carbocycles. The molecule has 0 atom stereocenters. The molecule has 1 aromatic carbocycles. The van der Waals surface area contributed by atoms with Crippen LogP contribution >= 0.6 is 23.8 Å². The number of rotatable bonds is 1. The number of nitrogens with two attached hydrogens (primary N) is 1. The topological polar surface area (TPSA) is 42.1 Å². The molecule has 0 saturated heterocycles. The Labute approximate surface area is 128 Å². The average molecular weight is 306 g/mol. The Kier molecular flexibility index (Phi) is 3.40. The maximum atomic E-state index is 6.19. The first-order chi connectivity index (χ1) is 9.47. The van der Waals surface area contributed by atoms with Gasteiger partial charge < -0.3 is 10.6 Å². The van der Waals surface area contributed by atoms with Gasteiger partial charge in [-0.3, -0.25) is 4.98 Å². The van der Waals surface area contributed by atoms with Crippen LogP contribution in [0.25, 0.3) is 10.9 Å². The summed E-state index contributed by atoms with van der Waals surface area (Å²) >= 11 is 11.5. The number of pyridine rings is 1. The van der Waals surface area contributed by atoms with E-state index in [1.807, 2.05) is 19.1 Å². The molecule has 1 aliphatic heterocycles. The Morgan fingerprint density at radius 1 is 1.45 bits per heavy atom. The van der Waals surface area contributed by atoms with Gasteiger partial charge in [0.2, 0.25) is 0 Å². The van der Waals surface area contributed by atoms with Crippen LogP contribution in [0, 0.1) is 6.92 Å². The van der Waals surface area contributed by atoms with Gasteiger partial charge in [-0.25, -0.2) is 0 Å². The monoisotopic (exact) mass is 305 g/mol. The summed E-state index contributed by atoms with van der Waals surface area (Å²) < 4.78 is 0. The van der Waals surface area contributed by atoms with E-state index in [9.17, 15) is 0 Å². The minimum atomic E-state index is 0.422. The number of aromatic nitrogens is 1. The van der Waals surface area contributed by atoms with Crippen molar-refractivity contribution < 1.29 is 0 Å². The summed E-state index contributed by atoms with van der Waals surface area (Å²) in [4.78, 5) is 7.51. The molecule has 1 aliphatic rings. The van der Waals surface area contributed by atoms with Gasteiger partial charge in [-0.05, 0) is 37.2 Å². The third kappa shape index (κ3) is 2.18. The molecule has 3 rings (SSSR count). The molecule has 104 valence electrons. The fourth-order valence-corrected chi connectivity index (χ4v) is 3.39. The fourth-order valence-electron chi connectivity index (χ4n) is 2.89. The van der Waals surface area contributed by atoms with Gasteiger partial charge in [0.05, 0.1) is 5.52 Å². The van der Waals surface area contributed by atoms with E-state index < -0.39 is 0 Å². The van der Waals surface area contributed by atoms with Crippen molar-refractivity contribution in [1.29, 1.82) is 0 Å². The molecule has 2 heterocycles. The third-order valence-corrected chi connectivity index (χ3v) is 4.26. The van der Waals surface area contributed by atoms with E-state index >= 15 is 0 Å². The zero-order chi connectivity index (χ0) is 14.4. The molecule has 0 spiro atoms. The van der Waals surface area contributed by atoms with E-state index in [0.717, 1.165) is 52.8 Å². The summed E-state index contributed by atoms with van der Waals surface area (Å²) in [6.07, 6.45) is 0.930. The lowest BCUT2D eigenvalue weighted by atomic mass is 9.95. The molecule has 0 aliphatic carbocycles. The van der Waals surface area contributed by atoms with E-state index in [-0.39, 0.29) is 0 Å². The number of benzene rings is 1. The number of thiocarbonyl (C=S) groups is 1. The molecule has 2 N–H and O–H groups in total. The Morgan fingerprint density at radius 3 is 2.90 bits per heavy atom. The maximum absolute atomic E-state index is 6.19. The standard InChI is InChI=1S/C15H16ClN3S/c1-8-5-9(16)6-10-13(15(17)20)11-7-19(2)4-3-12(11)18-14(8)10/h5-6H,3-4,7H2,1-2H3,(H2,17,20). The molecule has 5 heteroatoms. The zero-order valence-electron chi connectivity index (χ0n) is 11.5. The summed E-state index contributed by atoms with van der Waals surface area (Å²) in [5.41, 5.74) is 11.2. The molecule has 20 heavy (non-hydrogen) atoms. The highest BCUT2D eigenvalue weighted by Crippen LogP contribution is 2.31. The largest absolute Gasteiger partial charge is 0.389 e. The first kappa shape index (κ1) is 13.7. The van der Waals surface area contributed by atoms with Gasteiger partial charge in [-0.2, -0.15) is 0 Å². The van der Waals surface area contributed by atoms with Crippen molar-refractivity contribution in [3.63, 3.8) is 0 Å². The minimum Gasteiger partial charge on any atom is -0.389 e. The van der Waals surface area contributed by atoms with E-state index in [2.05, 4.69) is 11.9 Å². The van der Waals surface area contributed by atoms with Gasteiger partial charge in [0, 0.05) is 41.2 Å². The Morgan fingerprint density at radius 2 is 2.20 bits per heavy atom. The predicted octanol–water partition coefficient (Wildman–Crippen LogP) is 2.82. The Hall–Kier alpha value is -1.23. The van der Waals surface area contributed by atoms with Gasteiger partial charge >= 0.3 is 0 Å². The minimum absolute atomic E-state index is 0.422. The summed E-state index contributed by atoms with van der Waals surface area (Å²) in [6, 6.07) is 3.85. The molecule has 0 radical (unpaired) electrons. The summed E-state index contributed by atoms with van der Waals surface area (Å²) in [5, 5.41) is 1.66. The Balaban J connectivity index is 2.42. The molecule has 0 bridgehead atoms. The quantitative estimate of drug-likeness (QED) is 0.823. The van der Waals surface area contributed by atoms with E-state index in [4.69, 9.17) is 34.5 Å². The van der Waals surface area contributed by atoms with Crippen molar-refractivity contribution >= 4 is 39.7 Å². The van der Waals surface area contributed by atoms with Crippen molar-refractivity contribution in [2.45, 2.75) is 19.9 Å². The zero-order valence-corrected chi connectivity index (χ0v) is 13.1. The second kappa shape index (κ2) is 4.95. The van der Waals surface area contributed by atoms with Crippen molar-refractivity contribution in [2.75, 3.05) is 13.6 Å². The van der Waals surface area contributed by atoms with Crippen molar-refractivity contribution in [2.24, 2.45) is 5.73 Å². The predicted molar refractivity (Wildman–Crippen MR) is 87.4 cm³/mol. The van der Waals surface area contributed by atoms with Gasteiger partial charge in [-0.15, -0.1) is 0 Å². The van der Waals surface area contributed by atoms with Crippen LogP contribution in [0.2, 0.25) is 5.02 Å². The highest BCUT2D eigenvalue weighted by Gasteiger charge is 2.22. The molecular weight excluding hydrogens is 290 g/mol. The normalized spacial score (nSPS) is 15.3. The SMILES string of the molecule is Cc1cc(Cl)cc2c(C(N)=S)c3c(nc12)CCN(C)C3. The van der Waals surface area contributed by atoms with E-state index in [1.165, 1.54) is 0 Å². The van der Waals surface area contributed by atoms with Crippen LogP contribution in [-0.2, 0) is 13.0 Å². The van der Waals surface area contributed by atoms with Crippen LogP contribution in [0.3, 0.4) is 0 Å². The molecule has 2 aromatic rings. The number of likely N-dealkylation sites (N-methyl/N-ethyl adjacent to an activating group) is 1. The molecule has 0 fully saturated rings. The van der Waals surface area contributed by atoms with Crippen LogP contribution in [0.15, 0.2) is 12.1 Å². The number of nitrogens with zero attached hydrogens (tertiary/aromatic N) is 2. The second-order valence-corrected chi connectivity index (χ2v) is 6.26. The average Bonchev–Trinajstić information content (AvgIpc) is 2.36. The molecule has 1 aromatic heterocycles. The van der Waals surface area contributed by atoms with Crippen LogP contribution in [0.5, 0.6) is 0 Å². The summed E-state index contributed by atoms with van der Waals surface area (Å²) in [6.45, 7) is 3.86. The highest BCUT2D eigenvalue weighted by molar-refractivity contribution is 7.80. The first-order valence-electron chi connectivity index (χ1n) is 6.57. The third-order valence-electron chi connectivity index (χ3n) is 3.84. The van der Waals surface area contributed by atoms with Crippen LogP contribution in [0.1, 0.15) is 22.4 Å². The fraction of sp³-hybridized carbons (Fsp3) is 0.333. The number of aryl methyl sites for hydroxylation is 1. The van der Waals surface area contributed by atoms with Gasteiger partial charge in [0.25, 0.3) is 0 Å². The number of halogens is 1. The summed E-state index contributed by atoms with van der Waals surface area (Å²) in [7, 11) is 2.10. The van der Waals surface area contributed by atoms with E-state index in [0.29, 0.717) is 10.0 Å². The first-order valence-corrected chi connectivity index (χ1v) is 7.36. The number of hydrogen-bond donors (Lipinski definition) is 1. The Bertz CT molecular complexity index is 727. The van der Waals surface area contributed by atoms with Crippen molar-refractivity contribution in [3.8, 4) is 0 Å². The number of hydrogen-bond acceptors (Lipinski definition) is 3. The molecule has 3 nitrogen and oxygen atoms in total. The van der Waals surface area contributed by atoms with E-state index in [1.54, 1.807) is 0 Å². The van der Waals surface area contributed by atoms with Gasteiger partial charge in [0.15, 0.2) is 0 Å². The maximum Gasteiger partial charge on any atom is 0.105 e. The van der Waals surface area contributed by atoms with Gasteiger partial charge in [0.1, 0.15) is 4.99 Å².